The summed E-state index contributed by atoms with van der Waals surface area (Å²) in [7, 11) is 0. The predicted octanol–water partition coefficient (Wildman–Crippen LogP) is 0.830. The van der Waals surface area contributed by atoms with E-state index in [1.807, 2.05) is 6.92 Å². The van der Waals surface area contributed by atoms with E-state index in [0.717, 1.165) is 11.3 Å². The maximum atomic E-state index is 11.8. The molecule has 0 aliphatic rings. The molecule has 4 N–H and O–H groups in total. The van der Waals surface area contributed by atoms with Gasteiger partial charge in [-0.25, -0.2) is 4.79 Å². The van der Waals surface area contributed by atoms with E-state index in [1.54, 1.807) is 0 Å². The third-order valence-electron chi connectivity index (χ3n) is 2.29. The van der Waals surface area contributed by atoms with E-state index in [4.69, 9.17) is 10.8 Å². The molecule has 2 amide bonds. The van der Waals surface area contributed by atoms with Gasteiger partial charge in [0.1, 0.15) is 6.04 Å². The molecule has 1 rings (SSSR count). The molecule has 0 fully saturated rings. The molecule has 6 nitrogen and oxygen atoms in total. The van der Waals surface area contributed by atoms with E-state index in [0.29, 0.717) is 12.8 Å². The first-order valence-electron chi connectivity index (χ1n) is 5.37. The molecule has 0 radical (unpaired) electrons. The maximum Gasteiger partial charge on any atom is 0.326 e. The number of carboxylic acids is 1. The molecule has 0 saturated carbocycles. The summed E-state index contributed by atoms with van der Waals surface area (Å²) in [4.78, 5) is 33.8. The quantitative estimate of drug-likeness (QED) is 0.711. The highest BCUT2D eigenvalue weighted by atomic mass is 32.1. The number of hydrogen-bond donors (Lipinski definition) is 3. The lowest BCUT2D eigenvalue weighted by Gasteiger charge is -2.12. The first kappa shape index (κ1) is 14.2. The summed E-state index contributed by atoms with van der Waals surface area (Å²) in [6.45, 7) is 1.83. The average molecular weight is 270 g/mol. The molecule has 7 heteroatoms. The van der Waals surface area contributed by atoms with Crippen LogP contribution < -0.4 is 11.1 Å². The highest BCUT2D eigenvalue weighted by molar-refractivity contribution is 7.12. The number of aliphatic carboxylic acids is 1. The van der Waals surface area contributed by atoms with Crippen LogP contribution >= 0.6 is 11.3 Å². The Morgan fingerprint density at radius 2 is 2.17 bits per heavy atom. The summed E-state index contributed by atoms with van der Waals surface area (Å²) in [5.74, 6) is -2.20. The second kappa shape index (κ2) is 6.15. The zero-order valence-electron chi connectivity index (χ0n) is 9.80. The topological polar surface area (TPSA) is 109 Å². The summed E-state index contributed by atoms with van der Waals surface area (Å²) in [5, 5.41) is 12.8. The SMILES string of the molecule is CCCC(NC(=O)c1cc(C(N)=O)cs1)C(=O)O. The fourth-order valence-electron chi connectivity index (χ4n) is 1.36. The van der Waals surface area contributed by atoms with Crippen molar-refractivity contribution in [2.75, 3.05) is 0 Å². The van der Waals surface area contributed by atoms with Gasteiger partial charge in [0.2, 0.25) is 5.91 Å². The molecule has 0 aromatic carbocycles. The van der Waals surface area contributed by atoms with Crippen molar-refractivity contribution in [1.82, 2.24) is 5.32 Å². The molecule has 0 aliphatic carbocycles. The number of nitrogens with one attached hydrogen (secondary N) is 1. The number of primary amides is 1. The first-order chi connectivity index (χ1) is 8.45. The van der Waals surface area contributed by atoms with Crippen LogP contribution in [0.3, 0.4) is 0 Å². The van der Waals surface area contributed by atoms with Gasteiger partial charge in [-0.2, -0.15) is 0 Å². The third kappa shape index (κ3) is 3.56. The van der Waals surface area contributed by atoms with Crippen molar-refractivity contribution in [3.63, 3.8) is 0 Å². The summed E-state index contributed by atoms with van der Waals surface area (Å²) in [6.07, 6.45) is 1.00. The van der Waals surface area contributed by atoms with Crippen molar-refractivity contribution in [3.05, 3.63) is 21.9 Å². The van der Waals surface area contributed by atoms with Gasteiger partial charge in [-0.05, 0) is 12.5 Å². The van der Waals surface area contributed by atoms with Gasteiger partial charge in [-0.1, -0.05) is 13.3 Å². The molecule has 98 valence electrons. The summed E-state index contributed by atoms with van der Waals surface area (Å²) in [6, 6.07) is 0.439. The Kier molecular flexibility index (Phi) is 4.85. The minimum absolute atomic E-state index is 0.243. The van der Waals surface area contributed by atoms with E-state index in [9.17, 15) is 14.4 Å². The lowest BCUT2D eigenvalue weighted by molar-refractivity contribution is -0.139. The standard InChI is InChI=1S/C11H14N2O4S/c1-2-3-7(11(16)17)13-10(15)8-4-6(5-18-8)9(12)14/h4-5,7H,2-3H2,1H3,(H2,12,14)(H,13,15)(H,16,17). The molecule has 0 aliphatic heterocycles. The Morgan fingerprint density at radius 3 is 2.61 bits per heavy atom. The van der Waals surface area contributed by atoms with Crippen LogP contribution in [-0.2, 0) is 4.79 Å². The van der Waals surface area contributed by atoms with Gasteiger partial charge in [-0.15, -0.1) is 11.3 Å². The van der Waals surface area contributed by atoms with Gasteiger partial charge in [0.15, 0.2) is 0 Å². The van der Waals surface area contributed by atoms with Crippen molar-refractivity contribution in [2.24, 2.45) is 5.73 Å². The molecule has 1 atom stereocenters. The highest BCUT2D eigenvalue weighted by Gasteiger charge is 2.20. The van der Waals surface area contributed by atoms with Crippen molar-refractivity contribution in [2.45, 2.75) is 25.8 Å². The van der Waals surface area contributed by atoms with Crippen LogP contribution in [0.2, 0.25) is 0 Å². The molecular weight excluding hydrogens is 256 g/mol. The summed E-state index contributed by atoms with van der Waals surface area (Å²) >= 11 is 1.05. The van der Waals surface area contributed by atoms with E-state index < -0.39 is 23.8 Å². The van der Waals surface area contributed by atoms with Crippen LogP contribution in [0.15, 0.2) is 11.4 Å². The molecule has 0 spiro atoms. The first-order valence-corrected chi connectivity index (χ1v) is 6.25. The molecule has 1 aromatic rings. The molecule has 0 bridgehead atoms. The van der Waals surface area contributed by atoms with E-state index in [-0.39, 0.29) is 10.4 Å². The minimum atomic E-state index is -1.07. The number of carbonyl (C=O) groups is 3. The Labute approximate surface area is 108 Å². The molecule has 1 heterocycles. The molecular formula is C11H14N2O4S. The van der Waals surface area contributed by atoms with E-state index in [1.165, 1.54) is 11.4 Å². The van der Waals surface area contributed by atoms with Crippen LogP contribution in [0.5, 0.6) is 0 Å². The van der Waals surface area contributed by atoms with Crippen LogP contribution in [-0.4, -0.2) is 28.9 Å². The molecule has 1 unspecified atom stereocenters. The number of nitrogens with two attached hydrogens (primary N) is 1. The minimum Gasteiger partial charge on any atom is -0.480 e. The number of thiophene rings is 1. The van der Waals surface area contributed by atoms with Gasteiger partial charge >= 0.3 is 5.97 Å². The van der Waals surface area contributed by atoms with Crippen molar-refractivity contribution < 1.29 is 19.5 Å². The van der Waals surface area contributed by atoms with Crippen LogP contribution in [0.4, 0.5) is 0 Å². The van der Waals surface area contributed by atoms with Gasteiger partial charge in [-0.3, -0.25) is 9.59 Å². The van der Waals surface area contributed by atoms with Crippen LogP contribution in [0.1, 0.15) is 39.8 Å². The van der Waals surface area contributed by atoms with Crippen molar-refractivity contribution in [1.29, 1.82) is 0 Å². The van der Waals surface area contributed by atoms with E-state index >= 15 is 0 Å². The Morgan fingerprint density at radius 1 is 1.50 bits per heavy atom. The van der Waals surface area contributed by atoms with Crippen LogP contribution in [0, 0.1) is 0 Å². The summed E-state index contributed by atoms with van der Waals surface area (Å²) in [5.41, 5.74) is 5.31. The highest BCUT2D eigenvalue weighted by Crippen LogP contribution is 2.14. The third-order valence-corrected chi connectivity index (χ3v) is 3.22. The number of hydrogen-bond acceptors (Lipinski definition) is 4. The van der Waals surface area contributed by atoms with Crippen LogP contribution in [0.25, 0.3) is 0 Å². The number of amides is 2. The molecule has 1 aromatic heterocycles. The fourth-order valence-corrected chi connectivity index (χ4v) is 2.16. The lowest BCUT2D eigenvalue weighted by Crippen LogP contribution is -2.40. The second-order valence-electron chi connectivity index (χ2n) is 3.72. The smallest absolute Gasteiger partial charge is 0.326 e. The zero-order chi connectivity index (χ0) is 13.7. The number of carboxylic acid groups (broad SMARTS) is 1. The van der Waals surface area contributed by atoms with Gasteiger partial charge < -0.3 is 16.2 Å². The zero-order valence-corrected chi connectivity index (χ0v) is 10.6. The Hall–Kier alpha value is -1.89. The average Bonchev–Trinajstić information content (AvgIpc) is 2.77. The van der Waals surface area contributed by atoms with Gasteiger partial charge in [0.05, 0.1) is 10.4 Å². The van der Waals surface area contributed by atoms with E-state index in [2.05, 4.69) is 5.32 Å². The predicted molar refractivity (Wildman–Crippen MR) is 66.6 cm³/mol. The van der Waals surface area contributed by atoms with Crippen molar-refractivity contribution >= 4 is 29.1 Å². The number of rotatable bonds is 6. The monoisotopic (exact) mass is 270 g/mol. The van der Waals surface area contributed by atoms with Crippen molar-refractivity contribution in [3.8, 4) is 0 Å². The molecule has 18 heavy (non-hydrogen) atoms. The maximum absolute atomic E-state index is 11.8. The number of carbonyl (C=O) groups excluding carboxylic acids is 2. The second-order valence-corrected chi connectivity index (χ2v) is 4.63. The largest absolute Gasteiger partial charge is 0.480 e. The Balaban J connectivity index is 2.74. The van der Waals surface area contributed by atoms with Gasteiger partial charge in [0, 0.05) is 5.38 Å². The Bertz CT molecular complexity index is 469. The fraction of sp³-hybridized carbons (Fsp3) is 0.364. The van der Waals surface area contributed by atoms with Gasteiger partial charge in [0.25, 0.3) is 5.91 Å². The summed E-state index contributed by atoms with van der Waals surface area (Å²) < 4.78 is 0. The lowest BCUT2D eigenvalue weighted by atomic mass is 10.1. The normalized spacial score (nSPS) is 11.8. The molecule has 0 saturated heterocycles.